The van der Waals surface area contributed by atoms with Crippen molar-refractivity contribution in [3.8, 4) is 0 Å². The molecule has 20 nitrogen and oxygen atoms in total. The maximum atomic E-state index is 12.4. The molecule has 6 heterocycles. The van der Waals surface area contributed by atoms with Crippen LogP contribution in [0, 0.1) is 0 Å². The molecule has 3 aromatic carbocycles. The number of anilines is 6. The number of hydrogen-bond donors (Lipinski definition) is 5. The number of nitrogen functional groups attached to an aromatic ring is 1. The van der Waals surface area contributed by atoms with Gasteiger partial charge in [-0.3, -0.25) is 9.80 Å². The molecule has 0 aliphatic rings. The van der Waals surface area contributed by atoms with E-state index in [9.17, 15) is 38.4 Å². The highest BCUT2D eigenvalue weighted by Crippen LogP contribution is 2.34. The third-order valence-corrected chi connectivity index (χ3v) is 13.9. The van der Waals surface area contributed by atoms with Crippen molar-refractivity contribution >= 4 is 170 Å². The first-order valence-corrected chi connectivity index (χ1v) is 24.7. The molecule has 0 bridgehead atoms. The second-order valence-corrected chi connectivity index (χ2v) is 19.4. The second kappa shape index (κ2) is 26.4. The molecule has 0 saturated carbocycles. The topological polar surface area (TPSA) is 283 Å². The standard InChI is InChI=1S/C17H13ClN2O5S.C16H11ClN2O5S.C10H9NO4S.C6H6ClN.B/c1-20(17(23)19-10-5-3-4-9(18)6-10)14-8-12-13(26-14)7-11(15(21)24-2)16(22)25-12;1-19(16(23)18-9-4-2-3-8(17)5-9)13-7-11-12(25-13)6-10(14(20)21)15(22)24-11;1-11-8-4-6-7(16-8)3-5(9(12)14-2)10(13)15-6;7-5-2-1-3-6(8)4-5;/h3-8H,1-2H3,(H,19,23);2-7H,1H3,(H,18,23)(H,20,21);3-4,11H,1-2H3;1-4H,8H2;. The van der Waals surface area contributed by atoms with Gasteiger partial charge in [0, 0.05) is 79.9 Å². The summed E-state index contributed by atoms with van der Waals surface area (Å²) in [4.78, 5) is 96.2. The third kappa shape index (κ3) is 15.0. The number of amides is 4. The highest BCUT2D eigenvalue weighted by Gasteiger charge is 2.21. The Morgan fingerprint density at radius 1 is 0.566 bits per heavy atom. The van der Waals surface area contributed by atoms with Crippen LogP contribution in [0.4, 0.5) is 41.7 Å². The number of methoxy groups -OCH3 is 2. The Morgan fingerprint density at radius 2 is 0.947 bits per heavy atom. The number of thiophene rings is 3. The van der Waals surface area contributed by atoms with E-state index in [-0.39, 0.29) is 30.7 Å². The summed E-state index contributed by atoms with van der Waals surface area (Å²) in [6.45, 7) is 0. The molecule has 3 radical (unpaired) electrons. The second-order valence-electron chi connectivity index (χ2n) is 14.9. The minimum absolute atomic E-state index is 0. The predicted octanol–water partition coefficient (Wildman–Crippen LogP) is 11.1. The number of carbonyl (C=O) groups is 5. The number of nitrogens with two attached hydrogens (primary N) is 1. The molecule has 391 valence electrons. The maximum absolute atomic E-state index is 12.4. The van der Waals surface area contributed by atoms with Crippen LogP contribution in [0.15, 0.2) is 137 Å². The van der Waals surface area contributed by atoms with E-state index in [4.69, 9.17) is 58.9 Å². The Hall–Kier alpha value is -8.13. The van der Waals surface area contributed by atoms with Gasteiger partial charge >= 0.3 is 46.8 Å². The van der Waals surface area contributed by atoms with Crippen molar-refractivity contribution in [2.24, 2.45) is 0 Å². The average molecular weight is 1150 g/mol. The van der Waals surface area contributed by atoms with Crippen LogP contribution in [0.1, 0.15) is 31.1 Å². The molecule has 76 heavy (non-hydrogen) atoms. The molecular weight excluding hydrogens is 1110 g/mol. The van der Waals surface area contributed by atoms with Crippen molar-refractivity contribution in [2.75, 3.05) is 66.8 Å². The molecule has 6 N–H and O–H groups in total. The number of aromatic carboxylic acids is 1. The van der Waals surface area contributed by atoms with Gasteiger partial charge in [0.25, 0.3) is 0 Å². The number of rotatable bonds is 8. The zero-order valence-electron chi connectivity index (χ0n) is 40.1. The summed E-state index contributed by atoms with van der Waals surface area (Å²) in [5.74, 6) is -2.82. The highest BCUT2D eigenvalue weighted by molar-refractivity contribution is 7.23. The number of carbonyl (C=O) groups excluding carboxylic acids is 4. The summed E-state index contributed by atoms with van der Waals surface area (Å²) in [7, 11) is 7.29. The van der Waals surface area contributed by atoms with E-state index in [0.29, 0.717) is 57.1 Å². The fourth-order valence-corrected chi connectivity index (χ4v) is 9.52. The van der Waals surface area contributed by atoms with E-state index >= 15 is 0 Å². The normalized spacial score (nSPS) is 10.3. The van der Waals surface area contributed by atoms with Crippen LogP contribution in [0.5, 0.6) is 0 Å². The zero-order chi connectivity index (χ0) is 54.7. The largest absolute Gasteiger partial charge is 0.477 e. The van der Waals surface area contributed by atoms with Gasteiger partial charge in [0.2, 0.25) is 0 Å². The molecule has 9 rings (SSSR count). The van der Waals surface area contributed by atoms with Crippen LogP contribution < -0.4 is 48.4 Å². The lowest BCUT2D eigenvalue weighted by atomic mass is 10.3. The van der Waals surface area contributed by atoms with E-state index < -0.39 is 52.4 Å². The fraction of sp³-hybridized carbons (Fsp3) is 0.102. The molecule has 0 aliphatic carbocycles. The van der Waals surface area contributed by atoms with Crippen LogP contribution in [0.3, 0.4) is 0 Å². The van der Waals surface area contributed by atoms with Crippen molar-refractivity contribution in [1.29, 1.82) is 0 Å². The van der Waals surface area contributed by atoms with E-state index in [1.807, 2.05) is 6.07 Å². The molecule has 0 saturated heterocycles. The van der Waals surface area contributed by atoms with Crippen LogP contribution in [-0.4, -0.2) is 78.9 Å². The van der Waals surface area contributed by atoms with Crippen molar-refractivity contribution < 1.29 is 51.8 Å². The predicted molar refractivity (Wildman–Crippen MR) is 300 cm³/mol. The number of carboxylic acids is 1. The number of esters is 2. The van der Waals surface area contributed by atoms with Gasteiger partial charge in [-0.2, -0.15) is 0 Å². The Labute approximate surface area is 458 Å². The number of hydrogen-bond acceptors (Lipinski definition) is 18. The van der Waals surface area contributed by atoms with Crippen molar-refractivity contribution in [3.63, 3.8) is 0 Å². The van der Waals surface area contributed by atoms with Crippen molar-refractivity contribution in [2.45, 2.75) is 0 Å². The summed E-state index contributed by atoms with van der Waals surface area (Å²) in [6, 6.07) is 28.6. The number of urea groups is 2. The number of carboxylic acid groups (broad SMARTS) is 1. The van der Waals surface area contributed by atoms with E-state index in [2.05, 4.69) is 25.4 Å². The van der Waals surface area contributed by atoms with Crippen molar-refractivity contribution in [1.82, 2.24) is 0 Å². The van der Waals surface area contributed by atoms with Crippen LogP contribution in [0.2, 0.25) is 15.1 Å². The zero-order valence-corrected chi connectivity index (χ0v) is 44.8. The fourth-order valence-electron chi connectivity index (χ4n) is 6.08. The molecule has 27 heteroatoms. The molecule has 0 atom stereocenters. The molecular formula is C49H39BCl3N6O14S3. The number of nitrogens with zero attached hydrogens (tertiary/aromatic N) is 2. The summed E-state index contributed by atoms with van der Waals surface area (Å²) in [5, 5.41) is 20.9. The summed E-state index contributed by atoms with van der Waals surface area (Å²) in [6.07, 6.45) is 0. The monoisotopic (exact) mass is 1150 g/mol. The van der Waals surface area contributed by atoms with E-state index in [0.717, 1.165) is 21.0 Å². The summed E-state index contributed by atoms with van der Waals surface area (Å²) < 4.78 is 25.9. The van der Waals surface area contributed by atoms with Gasteiger partial charge in [0.1, 0.15) is 26.7 Å². The van der Waals surface area contributed by atoms with Crippen LogP contribution in [0.25, 0.3) is 30.8 Å². The Balaban J connectivity index is 0.000000199. The number of halogens is 3. The molecule has 0 unspecified atom stereocenters. The quantitative estimate of drug-likeness (QED) is 0.0537. The smallest absolute Gasteiger partial charge is 0.351 e. The Morgan fingerprint density at radius 3 is 1.32 bits per heavy atom. The summed E-state index contributed by atoms with van der Waals surface area (Å²) in [5.41, 5.74) is 4.99. The van der Waals surface area contributed by atoms with Gasteiger partial charge in [-0.25, -0.2) is 38.4 Å². The average Bonchev–Trinajstić information content (AvgIpc) is 4.11. The first-order valence-electron chi connectivity index (χ1n) is 21.1. The molecule has 4 amide bonds. The molecule has 0 fully saturated rings. The minimum Gasteiger partial charge on any atom is -0.477 e. The van der Waals surface area contributed by atoms with Gasteiger partial charge in [-0.15, -0.1) is 34.0 Å². The molecule has 6 aromatic heterocycles. The van der Waals surface area contributed by atoms with Gasteiger partial charge < -0.3 is 49.5 Å². The Kier molecular flexibility index (Phi) is 20.4. The number of fused-ring (bicyclic) bond motifs is 3. The number of benzene rings is 3. The van der Waals surface area contributed by atoms with Gasteiger partial charge in [-0.05, 0) is 72.8 Å². The molecule has 9 aromatic rings. The molecule has 0 spiro atoms. The Bertz CT molecular complexity index is 3780. The van der Waals surface area contributed by atoms with Crippen molar-refractivity contribution in [3.05, 3.63) is 172 Å². The SMILES string of the molecule is CN(C(=O)Nc1cccc(Cl)c1)c1cc2oc(=O)c(C(=O)O)cc2s1.CNc1cc2oc(=O)c(C(=O)OC)cc2s1.COC(=O)c1cc2sc(N(C)C(=O)Nc3cccc(Cl)c3)cc2oc1=O.Nc1cccc(Cl)c1.[B]. The van der Waals surface area contributed by atoms with E-state index in [1.54, 1.807) is 100 Å². The minimum atomic E-state index is -1.36. The maximum Gasteiger partial charge on any atom is 0.351 e. The number of nitrogens with one attached hydrogen (secondary N) is 3. The van der Waals surface area contributed by atoms with Gasteiger partial charge in [-0.1, -0.05) is 53.0 Å². The lowest BCUT2D eigenvalue weighted by Crippen LogP contribution is -2.30. The molecule has 0 aliphatic heterocycles. The lowest BCUT2D eigenvalue weighted by molar-refractivity contribution is 0.0587. The summed E-state index contributed by atoms with van der Waals surface area (Å²) >= 11 is 21.1. The lowest BCUT2D eigenvalue weighted by Gasteiger charge is -2.15. The highest BCUT2D eigenvalue weighted by atomic mass is 35.5. The van der Waals surface area contributed by atoms with E-state index in [1.165, 1.54) is 71.0 Å². The third-order valence-electron chi connectivity index (χ3n) is 9.80. The first kappa shape index (κ1) is 58.8. The number of ether oxygens (including phenoxy) is 2. The van der Waals surface area contributed by atoms with Gasteiger partial charge in [0.05, 0.1) is 33.3 Å². The first-order chi connectivity index (χ1) is 35.7. The van der Waals surface area contributed by atoms with Gasteiger partial charge in [0.15, 0.2) is 16.7 Å². The van der Waals surface area contributed by atoms with Crippen LogP contribution >= 0.6 is 68.8 Å². The van der Waals surface area contributed by atoms with Crippen LogP contribution in [-0.2, 0) is 9.47 Å².